The Labute approximate surface area is 75.6 Å². The Balaban J connectivity index is 2.88. The lowest BCUT2D eigenvalue weighted by molar-refractivity contribution is 0.106. The van der Waals surface area contributed by atoms with E-state index < -0.39 is 18.0 Å². The van der Waals surface area contributed by atoms with Crippen LogP contribution in [0, 0.1) is 5.82 Å². The molecule has 0 bridgehead atoms. The topological polar surface area (TPSA) is 66.5 Å². The first-order chi connectivity index (χ1) is 6.16. The number of nitrogens with two attached hydrogens (primary N) is 1. The van der Waals surface area contributed by atoms with Crippen LogP contribution in [0.5, 0.6) is 0 Å². The minimum Gasteiger partial charge on any atom is -0.395 e. The number of halogens is 1. The lowest BCUT2D eigenvalue weighted by Crippen LogP contribution is -2.32. The van der Waals surface area contributed by atoms with Crippen molar-refractivity contribution < 1.29 is 14.6 Å². The van der Waals surface area contributed by atoms with E-state index in [4.69, 9.17) is 10.8 Å². The Morgan fingerprint density at radius 1 is 1.38 bits per heavy atom. The van der Waals surface area contributed by atoms with Crippen molar-refractivity contribution in [2.24, 2.45) is 5.73 Å². The van der Waals surface area contributed by atoms with Gasteiger partial charge in [0, 0.05) is 5.56 Å². The fourth-order valence-electron chi connectivity index (χ4n) is 1.05. The van der Waals surface area contributed by atoms with Crippen molar-refractivity contribution in [2.75, 3.05) is 6.61 Å². The highest BCUT2D eigenvalue weighted by Gasteiger charge is 2.18. The SMILES string of the molecule is NC(CO)C(O)c1ccccc1F. The van der Waals surface area contributed by atoms with E-state index in [1.54, 1.807) is 6.07 Å². The van der Waals surface area contributed by atoms with E-state index in [9.17, 15) is 9.50 Å². The third-order valence-electron chi connectivity index (χ3n) is 1.84. The lowest BCUT2D eigenvalue weighted by Gasteiger charge is -2.16. The molecular formula is C9H12FNO2. The summed E-state index contributed by atoms with van der Waals surface area (Å²) in [5, 5.41) is 18.1. The normalized spacial score (nSPS) is 15.4. The average Bonchev–Trinajstić information content (AvgIpc) is 2.16. The quantitative estimate of drug-likeness (QED) is 0.629. The molecule has 0 aliphatic heterocycles. The third kappa shape index (κ3) is 2.24. The monoisotopic (exact) mass is 185 g/mol. The van der Waals surface area contributed by atoms with Gasteiger partial charge in [-0.2, -0.15) is 0 Å². The molecule has 2 unspecified atom stereocenters. The van der Waals surface area contributed by atoms with Crippen LogP contribution in [0.1, 0.15) is 11.7 Å². The average molecular weight is 185 g/mol. The summed E-state index contributed by atoms with van der Waals surface area (Å²) in [5.41, 5.74) is 5.47. The lowest BCUT2D eigenvalue weighted by atomic mass is 10.0. The first-order valence-electron chi connectivity index (χ1n) is 3.95. The Morgan fingerprint density at radius 3 is 2.54 bits per heavy atom. The molecule has 13 heavy (non-hydrogen) atoms. The minimum atomic E-state index is -1.16. The molecule has 4 N–H and O–H groups in total. The number of hydrogen-bond donors (Lipinski definition) is 3. The second-order valence-electron chi connectivity index (χ2n) is 2.81. The van der Waals surface area contributed by atoms with Crippen molar-refractivity contribution in [3.8, 4) is 0 Å². The van der Waals surface area contributed by atoms with Gasteiger partial charge in [-0.1, -0.05) is 18.2 Å². The first-order valence-corrected chi connectivity index (χ1v) is 3.95. The summed E-state index contributed by atoms with van der Waals surface area (Å²) >= 11 is 0. The van der Waals surface area contributed by atoms with Crippen molar-refractivity contribution in [1.82, 2.24) is 0 Å². The van der Waals surface area contributed by atoms with Gasteiger partial charge in [-0.25, -0.2) is 4.39 Å². The number of aliphatic hydroxyl groups is 2. The van der Waals surface area contributed by atoms with Crippen molar-refractivity contribution >= 4 is 0 Å². The van der Waals surface area contributed by atoms with Gasteiger partial charge in [0.2, 0.25) is 0 Å². The first kappa shape index (κ1) is 10.1. The fourth-order valence-corrected chi connectivity index (χ4v) is 1.05. The van der Waals surface area contributed by atoms with E-state index in [0.29, 0.717) is 0 Å². The summed E-state index contributed by atoms with van der Waals surface area (Å²) < 4.78 is 13.0. The highest BCUT2D eigenvalue weighted by atomic mass is 19.1. The second kappa shape index (κ2) is 4.32. The Morgan fingerprint density at radius 2 is 2.00 bits per heavy atom. The highest BCUT2D eigenvalue weighted by Crippen LogP contribution is 2.18. The molecule has 1 aromatic carbocycles. The largest absolute Gasteiger partial charge is 0.395 e. The summed E-state index contributed by atoms with van der Waals surface area (Å²) in [4.78, 5) is 0. The minimum absolute atomic E-state index is 0.115. The van der Waals surface area contributed by atoms with Gasteiger partial charge in [0.25, 0.3) is 0 Å². The van der Waals surface area contributed by atoms with E-state index in [1.807, 2.05) is 0 Å². The molecule has 3 nitrogen and oxygen atoms in total. The number of hydrogen-bond acceptors (Lipinski definition) is 3. The number of benzene rings is 1. The van der Waals surface area contributed by atoms with Gasteiger partial charge in [-0.15, -0.1) is 0 Å². The molecule has 4 heteroatoms. The smallest absolute Gasteiger partial charge is 0.129 e. The van der Waals surface area contributed by atoms with Crippen LogP contribution in [-0.4, -0.2) is 22.9 Å². The summed E-state index contributed by atoms with van der Waals surface area (Å²) in [6.07, 6.45) is -1.16. The number of rotatable bonds is 3. The van der Waals surface area contributed by atoms with Gasteiger partial charge in [0.15, 0.2) is 0 Å². The summed E-state index contributed by atoms with van der Waals surface area (Å²) in [6.45, 7) is -0.379. The molecule has 0 saturated carbocycles. The fraction of sp³-hybridized carbons (Fsp3) is 0.333. The van der Waals surface area contributed by atoms with Gasteiger partial charge in [0.05, 0.1) is 18.8 Å². The standard InChI is InChI=1S/C9H12FNO2/c10-7-4-2-1-3-6(7)9(13)8(11)5-12/h1-4,8-9,12-13H,5,11H2. The van der Waals surface area contributed by atoms with Crippen molar-refractivity contribution in [1.29, 1.82) is 0 Å². The summed E-state index contributed by atoms with van der Waals surface area (Å²) in [6, 6.07) is 4.96. The molecule has 0 radical (unpaired) electrons. The predicted molar refractivity (Wildman–Crippen MR) is 46.4 cm³/mol. The van der Waals surface area contributed by atoms with Gasteiger partial charge in [-0.05, 0) is 6.07 Å². The van der Waals surface area contributed by atoms with E-state index in [0.717, 1.165) is 0 Å². The van der Waals surface area contributed by atoms with Crippen LogP contribution in [0.15, 0.2) is 24.3 Å². The molecule has 0 amide bonds. The second-order valence-corrected chi connectivity index (χ2v) is 2.81. The van der Waals surface area contributed by atoms with Crippen LogP contribution < -0.4 is 5.73 Å². The molecule has 72 valence electrons. The van der Waals surface area contributed by atoms with Crippen LogP contribution in [0.3, 0.4) is 0 Å². The number of aliphatic hydroxyl groups excluding tert-OH is 2. The molecule has 1 rings (SSSR count). The van der Waals surface area contributed by atoms with Crippen LogP contribution in [0.4, 0.5) is 4.39 Å². The molecule has 0 saturated heterocycles. The van der Waals surface area contributed by atoms with E-state index >= 15 is 0 Å². The molecule has 1 aromatic rings. The maximum absolute atomic E-state index is 13.0. The molecule has 0 fully saturated rings. The van der Waals surface area contributed by atoms with Crippen molar-refractivity contribution in [2.45, 2.75) is 12.1 Å². The Kier molecular flexibility index (Phi) is 3.36. The van der Waals surface area contributed by atoms with E-state index in [2.05, 4.69) is 0 Å². The van der Waals surface area contributed by atoms with Crippen LogP contribution in [-0.2, 0) is 0 Å². The zero-order chi connectivity index (χ0) is 9.84. The summed E-state index contributed by atoms with van der Waals surface area (Å²) in [7, 11) is 0. The Bertz CT molecular complexity index is 280. The third-order valence-corrected chi connectivity index (χ3v) is 1.84. The maximum atomic E-state index is 13.0. The van der Waals surface area contributed by atoms with E-state index in [-0.39, 0.29) is 12.2 Å². The molecule has 0 heterocycles. The van der Waals surface area contributed by atoms with Crippen LogP contribution in [0.25, 0.3) is 0 Å². The van der Waals surface area contributed by atoms with Gasteiger partial charge >= 0.3 is 0 Å². The van der Waals surface area contributed by atoms with Crippen molar-refractivity contribution in [3.05, 3.63) is 35.6 Å². The van der Waals surface area contributed by atoms with Crippen LogP contribution in [0.2, 0.25) is 0 Å². The van der Waals surface area contributed by atoms with Crippen LogP contribution >= 0.6 is 0 Å². The molecule has 0 spiro atoms. The molecule has 0 aliphatic carbocycles. The molecular weight excluding hydrogens is 173 g/mol. The summed E-state index contributed by atoms with van der Waals surface area (Å²) in [5.74, 6) is -0.515. The van der Waals surface area contributed by atoms with Gasteiger partial charge < -0.3 is 15.9 Å². The zero-order valence-electron chi connectivity index (χ0n) is 7.02. The molecule has 0 aliphatic rings. The molecule has 2 atom stereocenters. The predicted octanol–water partition coefficient (Wildman–Crippen LogP) is 0.179. The zero-order valence-corrected chi connectivity index (χ0v) is 7.02. The van der Waals surface area contributed by atoms with E-state index in [1.165, 1.54) is 18.2 Å². The molecule has 0 aromatic heterocycles. The van der Waals surface area contributed by atoms with Gasteiger partial charge in [0.1, 0.15) is 5.82 Å². The Hall–Kier alpha value is -0.970. The maximum Gasteiger partial charge on any atom is 0.129 e. The van der Waals surface area contributed by atoms with Crippen molar-refractivity contribution in [3.63, 3.8) is 0 Å². The van der Waals surface area contributed by atoms with Gasteiger partial charge in [-0.3, -0.25) is 0 Å². The highest BCUT2D eigenvalue weighted by molar-refractivity contribution is 5.20.